The number of hydrogen-bond acceptors (Lipinski definition) is 0. The van der Waals surface area contributed by atoms with E-state index in [2.05, 4.69) is 0 Å². The van der Waals surface area contributed by atoms with E-state index in [-0.39, 0.29) is 5.41 Å². The fourth-order valence-electron chi connectivity index (χ4n) is 0.415. The van der Waals surface area contributed by atoms with Gasteiger partial charge in [0, 0.05) is 5.41 Å². The van der Waals surface area contributed by atoms with Crippen LogP contribution < -0.4 is 0 Å². The van der Waals surface area contributed by atoms with Crippen LogP contribution in [0.4, 0.5) is 4.39 Å². The van der Waals surface area contributed by atoms with Gasteiger partial charge in [0.1, 0.15) is 0 Å². The van der Waals surface area contributed by atoms with Gasteiger partial charge in [0.2, 0.25) is 0 Å². The smallest absolute Gasteiger partial charge is 0.156 e. The molecule has 1 aliphatic carbocycles. The third-order valence-electron chi connectivity index (χ3n) is 1.57. The van der Waals surface area contributed by atoms with Gasteiger partial charge in [-0.2, -0.15) is 0 Å². The molecule has 0 saturated heterocycles. The third kappa shape index (κ3) is 1.06. The summed E-state index contributed by atoms with van der Waals surface area (Å²) < 4.78 is 11.6. The van der Waals surface area contributed by atoms with Gasteiger partial charge in [0.25, 0.3) is 0 Å². The minimum Gasteiger partial charge on any atom is -0.235 e. The average Bonchev–Trinajstić information content (AvgIpc) is 2.21. The summed E-state index contributed by atoms with van der Waals surface area (Å²) in [5.41, 5.74) is 0.0700. The van der Waals surface area contributed by atoms with Crippen LogP contribution >= 0.6 is 22.6 Å². The molecule has 0 aromatic carbocycles. The summed E-state index contributed by atoms with van der Waals surface area (Å²) in [5.74, 6) is 0. The highest BCUT2D eigenvalue weighted by Gasteiger charge is 2.43. The van der Waals surface area contributed by atoms with E-state index < -0.39 is 4.18 Å². The van der Waals surface area contributed by atoms with Crippen molar-refractivity contribution in [2.24, 2.45) is 5.41 Å². The van der Waals surface area contributed by atoms with Gasteiger partial charge in [-0.3, -0.25) is 0 Å². The maximum Gasteiger partial charge on any atom is 0.156 e. The van der Waals surface area contributed by atoms with Crippen molar-refractivity contribution in [2.75, 3.05) is 0 Å². The molecule has 0 radical (unpaired) electrons. The van der Waals surface area contributed by atoms with Crippen molar-refractivity contribution in [1.29, 1.82) is 0 Å². The van der Waals surface area contributed by atoms with E-state index in [4.69, 9.17) is 0 Å². The molecule has 1 rings (SSSR count). The molecule has 2 heteroatoms. The molecular formula is C5H8FI. The molecule has 1 fully saturated rings. The molecule has 0 N–H and O–H groups in total. The summed E-state index contributed by atoms with van der Waals surface area (Å²) in [4.78, 5) is 0. The molecule has 0 aromatic heterocycles. The second-order valence-electron chi connectivity index (χ2n) is 2.45. The molecule has 1 aliphatic rings. The lowest BCUT2D eigenvalue weighted by Gasteiger charge is -2.04. The Balaban J connectivity index is 2.39. The zero-order valence-corrected chi connectivity index (χ0v) is 6.40. The summed E-state index contributed by atoms with van der Waals surface area (Å²) in [7, 11) is 0. The summed E-state index contributed by atoms with van der Waals surface area (Å²) in [6.07, 6.45) is 2.16. The Kier molecular flexibility index (Phi) is 1.30. The SMILES string of the molecule is CC1(C(F)I)CC1. The van der Waals surface area contributed by atoms with Crippen LogP contribution in [0.25, 0.3) is 0 Å². The van der Waals surface area contributed by atoms with E-state index in [0.29, 0.717) is 0 Å². The molecule has 0 spiro atoms. The summed E-state index contributed by atoms with van der Waals surface area (Å²) >= 11 is 1.85. The van der Waals surface area contributed by atoms with Gasteiger partial charge in [0.05, 0.1) is 0 Å². The molecule has 1 unspecified atom stereocenters. The van der Waals surface area contributed by atoms with Gasteiger partial charge in [-0.1, -0.05) is 6.92 Å². The highest BCUT2D eigenvalue weighted by Crippen LogP contribution is 2.51. The number of alkyl halides is 2. The normalized spacial score (nSPS) is 29.6. The molecule has 0 nitrogen and oxygen atoms in total. The third-order valence-corrected chi connectivity index (χ3v) is 3.07. The monoisotopic (exact) mass is 214 g/mol. The number of hydrogen-bond donors (Lipinski definition) is 0. The molecular weight excluding hydrogens is 206 g/mol. The predicted octanol–water partition coefficient (Wildman–Crippen LogP) is 2.52. The molecule has 0 aromatic rings. The lowest BCUT2D eigenvalue weighted by atomic mass is 10.2. The van der Waals surface area contributed by atoms with Crippen LogP contribution in [0.5, 0.6) is 0 Å². The topological polar surface area (TPSA) is 0 Å². The molecule has 42 valence electrons. The largest absolute Gasteiger partial charge is 0.235 e. The van der Waals surface area contributed by atoms with E-state index in [1.54, 1.807) is 0 Å². The van der Waals surface area contributed by atoms with Gasteiger partial charge in [-0.25, -0.2) is 4.39 Å². The Morgan fingerprint density at radius 1 is 1.71 bits per heavy atom. The van der Waals surface area contributed by atoms with Gasteiger partial charge in [-0.15, -0.1) is 0 Å². The Bertz CT molecular complexity index is 76.1. The highest BCUT2D eigenvalue weighted by atomic mass is 127. The molecule has 0 aliphatic heterocycles. The van der Waals surface area contributed by atoms with Crippen molar-refractivity contribution in [2.45, 2.75) is 23.9 Å². The zero-order chi connectivity index (χ0) is 5.49. The summed E-state index contributed by atoms with van der Waals surface area (Å²) in [6, 6.07) is 0. The Morgan fingerprint density at radius 3 is 2.14 bits per heavy atom. The lowest BCUT2D eigenvalue weighted by molar-refractivity contribution is 0.344. The number of halogens is 2. The summed E-state index contributed by atoms with van der Waals surface area (Å²) in [5, 5.41) is 0. The van der Waals surface area contributed by atoms with Crippen molar-refractivity contribution < 1.29 is 4.39 Å². The molecule has 1 saturated carbocycles. The minimum atomic E-state index is -0.620. The Hall–Kier alpha value is 0.660. The molecule has 7 heavy (non-hydrogen) atoms. The lowest BCUT2D eigenvalue weighted by Crippen LogP contribution is -2.03. The van der Waals surface area contributed by atoms with E-state index >= 15 is 0 Å². The van der Waals surface area contributed by atoms with Crippen molar-refractivity contribution >= 4 is 22.6 Å². The van der Waals surface area contributed by atoms with Crippen molar-refractivity contribution in [1.82, 2.24) is 0 Å². The first-order chi connectivity index (χ1) is 3.15. The average molecular weight is 214 g/mol. The number of rotatable bonds is 1. The Labute approximate surface area is 56.6 Å². The van der Waals surface area contributed by atoms with Gasteiger partial charge < -0.3 is 0 Å². The van der Waals surface area contributed by atoms with Crippen molar-refractivity contribution in [3.05, 3.63) is 0 Å². The molecule has 0 bridgehead atoms. The summed E-state index contributed by atoms with van der Waals surface area (Å²) in [6.45, 7) is 1.99. The van der Waals surface area contributed by atoms with Crippen LogP contribution in [0, 0.1) is 5.41 Å². The van der Waals surface area contributed by atoms with Crippen LogP contribution in [0.2, 0.25) is 0 Å². The van der Waals surface area contributed by atoms with Gasteiger partial charge >= 0.3 is 0 Å². The molecule has 1 atom stereocenters. The van der Waals surface area contributed by atoms with Gasteiger partial charge in [0.15, 0.2) is 4.18 Å². The zero-order valence-electron chi connectivity index (χ0n) is 4.25. The maximum absolute atomic E-state index is 12.3. The van der Waals surface area contributed by atoms with E-state index in [1.165, 1.54) is 0 Å². The van der Waals surface area contributed by atoms with E-state index in [0.717, 1.165) is 12.8 Å². The second kappa shape index (κ2) is 1.57. The first-order valence-corrected chi connectivity index (χ1v) is 3.68. The van der Waals surface area contributed by atoms with Crippen LogP contribution in [-0.4, -0.2) is 4.18 Å². The maximum atomic E-state index is 12.3. The van der Waals surface area contributed by atoms with Gasteiger partial charge in [-0.05, 0) is 35.4 Å². The quantitative estimate of drug-likeness (QED) is 0.464. The van der Waals surface area contributed by atoms with E-state index in [9.17, 15) is 4.39 Å². The van der Waals surface area contributed by atoms with Crippen LogP contribution in [-0.2, 0) is 0 Å². The molecule has 0 heterocycles. The van der Waals surface area contributed by atoms with E-state index in [1.807, 2.05) is 29.5 Å². The van der Waals surface area contributed by atoms with Crippen molar-refractivity contribution in [3.8, 4) is 0 Å². The second-order valence-corrected chi connectivity index (χ2v) is 3.55. The predicted molar refractivity (Wildman–Crippen MR) is 36.3 cm³/mol. The van der Waals surface area contributed by atoms with Crippen LogP contribution in [0.1, 0.15) is 19.8 Å². The first kappa shape index (κ1) is 5.79. The highest BCUT2D eigenvalue weighted by molar-refractivity contribution is 14.1. The standard InChI is InChI=1S/C5H8FI/c1-5(2-3-5)4(6)7/h4H,2-3H2,1H3. The minimum absolute atomic E-state index is 0.0700. The fraction of sp³-hybridized carbons (Fsp3) is 1.00. The Morgan fingerprint density at radius 2 is 2.14 bits per heavy atom. The molecule has 0 amide bonds. The van der Waals surface area contributed by atoms with Crippen molar-refractivity contribution in [3.63, 3.8) is 0 Å². The first-order valence-electron chi connectivity index (χ1n) is 2.43. The van der Waals surface area contributed by atoms with Crippen LogP contribution in [0.15, 0.2) is 0 Å². The fourth-order valence-corrected chi connectivity index (χ4v) is 1.04. The van der Waals surface area contributed by atoms with Crippen LogP contribution in [0.3, 0.4) is 0 Å².